The van der Waals surface area contributed by atoms with E-state index in [4.69, 9.17) is 11.6 Å². The lowest BCUT2D eigenvalue weighted by molar-refractivity contribution is -0.137. The van der Waals surface area contributed by atoms with Crippen LogP contribution in [0.4, 0.5) is 18.9 Å². The Bertz CT molecular complexity index is 941. The van der Waals surface area contributed by atoms with Gasteiger partial charge in [0.25, 0.3) is 0 Å². The second-order valence-corrected chi connectivity index (χ2v) is 5.62. The van der Waals surface area contributed by atoms with Gasteiger partial charge < -0.3 is 5.32 Å². The summed E-state index contributed by atoms with van der Waals surface area (Å²) in [6, 6.07) is 11.5. The second-order valence-electron chi connectivity index (χ2n) is 5.21. The average molecular weight is 382 g/mol. The number of alkyl halides is 3. The van der Waals surface area contributed by atoms with E-state index in [-0.39, 0.29) is 11.5 Å². The van der Waals surface area contributed by atoms with Crippen LogP contribution in [0.15, 0.2) is 48.5 Å². The summed E-state index contributed by atoms with van der Waals surface area (Å²) < 4.78 is 38.9. The van der Waals surface area contributed by atoms with Crippen molar-refractivity contribution >= 4 is 23.2 Å². The van der Waals surface area contributed by atoms with E-state index in [1.165, 1.54) is 18.2 Å². The standard InChI is InChI=1S/C16H11ClF3N5O/c17-12-7-3-1-5-10(12)15-22-24-25(23-15)9-14(26)21-13-8-4-2-6-11(13)16(18,19)20/h1-8H,9H2,(H,21,26). The minimum Gasteiger partial charge on any atom is -0.324 e. The third kappa shape index (κ3) is 3.99. The second kappa shape index (κ2) is 7.12. The van der Waals surface area contributed by atoms with Gasteiger partial charge in [0, 0.05) is 5.56 Å². The quantitative estimate of drug-likeness (QED) is 0.748. The highest BCUT2D eigenvalue weighted by atomic mass is 35.5. The molecule has 1 amide bonds. The molecule has 1 aromatic heterocycles. The highest BCUT2D eigenvalue weighted by Crippen LogP contribution is 2.34. The van der Waals surface area contributed by atoms with Crippen molar-refractivity contribution in [2.45, 2.75) is 12.7 Å². The van der Waals surface area contributed by atoms with Gasteiger partial charge in [-0.05, 0) is 29.5 Å². The maximum Gasteiger partial charge on any atom is 0.418 e. The summed E-state index contributed by atoms with van der Waals surface area (Å²) in [6.45, 7) is -0.399. The van der Waals surface area contributed by atoms with E-state index in [1.54, 1.807) is 24.3 Å². The van der Waals surface area contributed by atoms with Crippen LogP contribution in [-0.2, 0) is 17.5 Å². The Labute approximate surface area is 150 Å². The van der Waals surface area contributed by atoms with Crippen molar-refractivity contribution in [2.24, 2.45) is 0 Å². The number of tetrazole rings is 1. The fraction of sp³-hybridized carbons (Fsp3) is 0.125. The van der Waals surface area contributed by atoms with Crippen LogP contribution < -0.4 is 5.32 Å². The summed E-state index contributed by atoms with van der Waals surface area (Å²) in [4.78, 5) is 13.0. The molecule has 3 rings (SSSR count). The molecule has 26 heavy (non-hydrogen) atoms. The number of halogens is 4. The first kappa shape index (κ1) is 17.9. The number of nitrogens with zero attached hydrogens (tertiary/aromatic N) is 4. The number of hydrogen-bond donors (Lipinski definition) is 1. The maximum absolute atomic E-state index is 13.0. The Morgan fingerprint density at radius 2 is 1.81 bits per heavy atom. The van der Waals surface area contributed by atoms with Gasteiger partial charge in [-0.2, -0.15) is 18.0 Å². The number of para-hydroxylation sites is 1. The minimum atomic E-state index is -4.58. The van der Waals surface area contributed by atoms with Crippen molar-refractivity contribution in [2.75, 3.05) is 5.32 Å². The molecule has 0 bridgehead atoms. The van der Waals surface area contributed by atoms with Crippen LogP contribution in [0.25, 0.3) is 11.4 Å². The smallest absolute Gasteiger partial charge is 0.324 e. The Hall–Kier alpha value is -2.94. The number of aromatic nitrogens is 4. The fourth-order valence-electron chi connectivity index (χ4n) is 2.22. The number of anilines is 1. The van der Waals surface area contributed by atoms with E-state index in [9.17, 15) is 18.0 Å². The van der Waals surface area contributed by atoms with Crippen LogP contribution in [0.2, 0.25) is 5.02 Å². The van der Waals surface area contributed by atoms with E-state index < -0.39 is 24.2 Å². The van der Waals surface area contributed by atoms with Gasteiger partial charge in [-0.1, -0.05) is 35.9 Å². The first-order valence-corrected chi connectivity index (χ1v) is 7.71. The van der Waals surface area contributed by atoms with E-state index in [0.717, 1.165) is 10.9 Å². The lowest BCUT2D eigenvalue weighted by Crippen LogP contribution is -2.22. The number of hydrogen-bond acceptors (Lipinski definition) is 4. The van der Waals surface area contributed by atoms with Gasteiger partial charge >= 0.3 is 6.18 Å². The zero-order chi connectivity index (χ0) is 18.7. The SMILES string of the molecule is O=C(Cn1nnc(-c2ccccc2Cl)n1)Nc1ccccc1C(F)(F)F. The minimum absolute atomic E-state index is 0.207. The van der Waals surface area contributed by atoms with E-state index in [1.807, 2.05) is 0 Å². The average Bonchev–Trinajstić information content (AvgIpc) is 3.03. The first-order chi connectivity index (χ1) is 12.3. The lowest BCUT2D eigenvalue weighted by atomic mass is 10.1. The van der Waals surface area contributed by atoms with Crippen LogP contribution in [0.3, 0.4) is 0 Å². The van der Waals surface area contributed by atoms with Crippen LogP contribution in [-0.4, -0.2) is 26.1 Å². The molecule has 3 aromatic rings. The van der Waals surface area contributed by atoms with E-state index in [0.29, 0.717) is 10.6 Å². The first-order valence-electron chi connectivity index (χ1n) is 7.33. The predicted molar refractivity (Wildman–Crippen MR) is 88.3 cm³/mol. The third-order valence-corrected chi connectivity index (χ3v) is 3.69. The summed E-state index contributed by atoms with van der Waals surface area (Å²) in [6.07, 6.45) is -4.58. The van der Waals surface area contributed by atoms with Crippen molar-refractivity contribution in [1.29, 1.82) is 0 Å². The Morgan fingerprint density at radius 1 is 1.12 bits per heavy atom. The van der Waals surface area contributed by atoms with E-state index in [2.05, 4.69) is 20.7 Å². The molecule has 0 fully saturated rings. The largest absolute Gasteiger partial charge is 0.418 e. The topological polar surface area (TPSA) is 72.7 Å². The highest BCUT2D eigenvalue weighted by molar-refractivity contribution is 6.33. The molecular weight excluding hydrogens is 371 g/mol. The molecule has 10 heteroatoms. The predicted octanol–water partition coefficient (Wildman–Crippen LogP) is 3.65. The molecule has 1 N–H and O–H groups in total. The molecule has 0 aliphatic carbocycles. The van der Waals surface area contributed by atoms with Crippen LogP contribution in [0.5, 0.6) is 0 Å². The van der Waals surface area contributed by atoms with Gasteiger partial charge in [0.2, 0.25) is 11.7 Å². The summed E-state index contributed by atoms with van der Waals surface area (Å²) in [5.74, 6) is -0.510. The van der Waals surface area contributed by atoms with Crippen LogP contribution in [0, 0.1) is 0 Å². The molecule has 1 heterocycles. The Morgan fingerprint density at radius 3 is 2.54 bits per heavy atom. The molecule has 6 nitrogen and oxygen atoms in total. The molecule has 134 valence electrons. The number of benzene rings is 2. The number of carbonyl (C=O) groups is 1. The molecule has 0 unspecified atom stereocenters. The summed E-state index contributed by atoms with van der Waals surface area (Å²) >= 11 is 6.04. The Balaban J connectivity index is 1.74. The molecule has 0 saturated carbocycles. The van der Waals surface area contributed by atoms with E-state index >= 15 is 0 Å². The van der Waals surface area contributed by atoms with Crippen molar-refractivity contribution < 1.29 is 18.0 Å². The summed E-state index contributed by atoms with van der Waals surface area (Å²) in [7, 11) is 0. The molecule has 0 aliphatic heterocycles. The number of rotatable bonds is 4. The van der Waals surface area contributed by atoms with Gasteiger partial charge in [-0.25, -0.2) is 0 Å². The molecule has 0 spiro atoms. The normalized spacial score (nSPS) is 11.4. The van der Waals surface area contributed by atoms with Crippen molar-refractivity contribution in [3.63, 3.8) is 0 Å². The fourth-order valence-corrected chi connectivity index (χ4v) is 2.44. The van der Waals surface area contributed by atoms with Gasteiger partial charge in [0.1, 0.15) is 6.54 Å². The molecule has 0 saturated heterocycles. The zero-order valence-corrected chi connectivity index (χ0v) is 13.8. The molecular formula is C16H11ClF3N5O. The van der Waals surface area contributed by atoms with Crippen LogP contribution >= 0.6 is 11.6 Å². The van der Waals surface area contributed by atoms with Gasteiger partial charge in [-0.3, -0.25) is 4.79 Å². The maximum atomic E-state index is 13.0. The van der Waals surface area contributed by atoms with Gasteiger partial charge in [-0.15, -0.1) is 10.2 Å². The molecule has 2 aromatic carbocycles. The zero-order valence-electron chi connectivity index (χ0n) is 13.0. The summed E-state index contributed by atoms with van der Waals surface area (Å²) in [5, 5.41) is 14.2. The summed E-state index contributed by atoms with van der Waals surface area (Å²) in [5.41, 5.74) is -0.739. The number of carbonyl (C=O) groups excluding carboxylic acids is 1. The Kier molecular flexibility index (Phi) is 4.90. The van der Waals surface area contributed by atoms with Crippen molar-refractivity contribution in [3.05, 3.63) is 59.1 Å². The van der Waals surface area contributed by atoms with Gasteiger partial charge in [0.05, 0.1) is 16.3 Å². The van der Waals surface area contributed by atoms with Gasteiger partial charge in [0.15, 0.2) is 0 Å². The number of amides is 1. The monoisotopic (exact) mass is 381 g/mol. The number of nitrogens with one attached hydrogen (secondary N) is 1. The molecule has 0 atom stereocenters. The molecule has 0 aliphatic rings. The van der Waals surface area contributed by atoms with Crippen LogP contribution in [0.1, 0.15) is 5.56 Å². The molecule has 0 radical (unpaired) electrons. The lowest BCUT2D eigenvalue weighted by Gasteiger charge is -2.13. The third-order valence-electron chi connectivity index (χ3n) is 3.36. The van der Waals surface area contributed by atoms with Crippen molar-refractivity contribution in [1.82, 2.24) is 20.2 Å². The van der Waals surface area contributed by atoms with Crippen molar-refractivity contribution in [3.8, 4) is 11.4 Å². The highest BCUT2D eigenvalue weighted by Gasteiger charge is 2.33.